The van der Waals surface area contributed by atoms with Crippen LogP contribution in [-0.4, -0.2) is 98.2 Å². The molecule has 13 nitrogen and oxygen atoms in total. The maximum atomic E-state index is 15.2. The number of phenolic OH excluding ortho intramolecular Hbond substituents is 1. The quantitative estimate of drug-likeness (QED) is 0.138. The summed E-state index contributed by atoms with van der Waals surface area (Å²) in [6.45, 7) is 13.2. The number of phenols is 1. The molecule has 350 valence electrons. The van der Waals surface area contributed by atoms with E-state index in [-0.39, 0.29) is 42.0 Å². The molecule has 68 heavy (non-hydrogen) atoms. The van der Waals surface area contributed by atoms with Gasteiger partial charge in [-0.15, -0.1) is 0 Å². The van der Waals surface area contributed by atoms with E-state index in [2.05, 4.69) is 43.0 Å². The Hall–Kier alpha value is -7.14. The predicted molar refractivity (Wildman–Crippen MR) is 261 cm³/mol. The smallest absolute Gasteiger partial charge is 0.264 e. The molecule has 0 radical (unpaired) electrons. The molecule has 6 aromatic rings. The first kappa shape index (κ1) is 46.0. The summed E-state index contributed by atoms with van der Waals surface area (Å²) in [5.41, 5.74) is 10.5. The van der Waals surface area contributed by atoms with Crippen LogP contribution in [0.4, 0.5) is 11.4 Å². The van der Waals surface area contributed by atoms with Crippen LogP contribution < -0.4 is 9.64 Å². The average molecular weight is 914 g/mol. The lowest BCUT2D eigenvalue weighted by Gasteiger charge is -2.36. The number of morpholine rings is 1. The number of aromatic hydroxyl groups is 1. The van der Waals surface area contributed by atoms with E-state index in [9.17, 15) is 15.2 Å². The maximum Gasteiger partial charge on any atom is 0.264 e. The molecule has 1 saturated heterocycles. The molecule has 5 heterocycles. The largest absolute Gasteiger partial charge is 0.508 e. The van der Waals surface area contributed by atoms with Gasteiger partial charge in [-0.05, 0) is 129 Å². The SMILES string of the molecule is Cc1c(N(C(=O)c2cc(-c3cc4c(cc3C(=O)N3Cc5ccccc5C[C@H]3C)CN(C(=O)Cc3ccc(OCCN5CCO[C@H](C)C5)cc3)CC4)n(C)c2C)c2ccc(O)cc2)cc(C#N)n1C. The lowest BCUT2D eigenvalue weighted by atomic mass is 9.89. The van der Waals surface area contributed by atoms with Gasteiger partial charge >= 0.3 is 0 Å². The maximum absolute atomic E-state index is 15.2. The fraction of sp³-hybridized carbons (Fsp3) is 0.345. The molecule has 3 amide bonds. The highest BCUT2D eigenvalue weighted by molar-refractivity contribution is 6.13. The molecule has 3 aliphatic heterocycles. The summed E-state index contributed by atoms with van der Waals surface area (Å²) in [6, 6.07) is 32.2. The second kappa shape index (κ2) is 19.2. The van der Waals surface area contributed by atoms with E-state index in [1.54, 1.807) is 34.7 Å². The molecule has 0 unspecified atom stereocenters. The minimum Gasteiger partial charge on any atom is -0.508 e. The van der Waals surface area contributed by atoms with Crippen LogP contribution in [0.25, 0.3) is 11.3 Å². The molecule has 4 aromatic carbocycles. The van der Waals surface area contributed by atoms with E-state index in [1.165, 1.54) is 17.7 Å². The summed E-state index contributed by atoms with van der Waals surface area (Å²) in [5.74, 6) is 0.408. The van der Waals surface area contributed by atoms with Gasteiger partial charge in [0.2, 0.25) is 5.91 Å². The van der Waals surface area contributed by atoms with Crippen LogP contribution in [0.5, 0.6) is 11.5 Å². The molecule has 3 aliphatic rings. The molecule has 0 saturated carbocycles. The van der Waals surface area contributed by atoms with Crippen molar-refractivity contribution in [2.45, 2.75) is 72.2 Å². The van der Waals surface area contributed by atoms with Gasteiger partial charge in [-0.2, -0.15) is 5.26 Å². The van der Waals surface area contributed by atoms with Crippen molar-refractivity contribution < 1.29 is 29.0 Å². The molecule has 13 heteroatoms. The van der Waals surface area contributed by atoms with Gasteiger partial charge in [0.25, 0.3) is 11.8 Å². The monoisotopic (exact) mass is 913 g/mol. The van der Waals surface area contributed by atoms with E-state index in [1.807, 2.05) is 83.8 Å². The van der Waals surface area contributed by atoms with E-state index < -0.39 is 0 Å². The zero-order valence-corrected chi connectivity index (χ0v) is 39.8. The van der Waals surface area contributed by atoms with Gasteiger partial charge < -0.3 is 33.5 Å². The summed E-state index contributed by atoms with van der Waals surface area (Å²) in [7, 11) is 3.70. The van der Waals surface area contributed by atoms with Crippen molar-refractivity contribution in [2.75, 3.05) is 44.3 Å². The Labute approximate surface area is 398 Å². The van der Waals surface area contributed by atoms with E-state index >= 15 is 9.59 Å². The van der Waals surface area contributed by atoms with Crippen molar-refractivity contribution in [3.63, 3.8) is 0 Å². The molecule has 1 fully saturated rings. The number of fused-ring (bicyclic) bond motifs is 2. The number of aromatic nitrogens is 2. The minimum absolute atomic E-state index is 0.0129. The Balaban J connectivity index is 1.02. The fourth-order valence-electron chi connectivity index (χ4n) is 9.97. The van der Waals surface area contributed by atoms with Crippen molar-refractivity contribution in [1.29, 1.82) is 5.26 Å². The summed E-state index contributed by atoms with van der Waals surface area (Å²) in [4.78, 5) is 52.0. The van der Waals surface area contributed by atoms with Gasteiger partial charge in [-0.1, -0.05) is 36.4 Å². The Morgan fingerprint density at radius 1 is 0.838 bits per heavy atom. The Bertz CT molecular complexity index is 2930. The topological polar surface area (TPSA) is 137 Å². The van der Waals surface area contributed by atoms with Crippen LogP contribution in [0.3, 0.4) is 0 Å². The number of carbonyl (C=O) groups is 3. The van der Waals surface area contributed by atoms with E-state index in [0.29, 0.717) is 77.8 Å². The number of hydrogen-bond donors (Lipinski definition) is 1. The van der Waals surface area contributed by atoms with Crippen molar-refractivity contribution in [1.82, 2.24) is 23.8 Å². The molecule has 9 rings (SSSR count). The van der Waals surface area contributed by atoms with Crippen LogP contribution in [0.1, 0.15) is 79.5 Å². The van der Waals surface area contributed by atoms with Crippen molar-refractivity contribution in [2.24, 2.45) is 14.1 Å². The molecule has 1 N–H and O–H groups in total. The van der Waals surface area contributed by atoms with Crippen LogP contribution in [0.15, 0.2) is 97.1 Å². The summed E-state index contributed by atoms with van der Waals surface area (Å²) < 4.78 is 15.4. The number of nitriles is 1. The van der Waals surface area contributed by atoms with Gasteiger partial charge in [-0.25, -0.2) is 0 Å². The number of benzene rings is 4. The van der Waals surface area contributed by atoms with Crippen LogP contribution in [0, 0.1) is 25.2 Å². The third kappa shape index (κ3) is 9.14. The Morgan fingerprint density at radius 3 is 2.31 bits per heavy atom. The second-order valence-electron chi connectivity index (χ2n) is 18.6. The lowest BCUT2D eigenvalue weighted by Crippen LogP contribution is -2.43. The highest BCUT2D eigenvalue weighted by Gasteiger charge is 2.34. The first-order valence-electron chi connectivity index (χ1n) is 23.5. The van der Waals surface area contributed by atoms with Gasteiger partial charge in [0.05, 0.1) is 30.4 Å². The number of hydrogen-bond acceptors (Lipinski definition) is 8. The predicted octanol–water partition coefficient (Wildman–Crippen LogP) is 8.02. The lowest BCUT2D eigenvalue weighted by molar-refractivity contribution is -0.131. The summed E-state index contributed by atoms with van der Waals surface area (Å²) in [5, 5.41) is 20.1. The zero-order valence-electron chi connectivity index (χ0n) is 39.8. The number of ether oxygens (including phenoxy) is 2. The molecule has 2 atom stereocenters. The van der Waals surface area contributed by atoms with Crippen molar-refractivity contribution in [3.05, 3.63) is 153 Å². The van der Waals surface area contributed by atoms with Crippen LogP contribution in [0.2, 0.25) is 0 Å². The summed E-state index contributed by atoms with van der Waals surface area (Å²) >= 11 is 0. The standard InChI is InChI=1S/C55H59N7O6/c1-35-25-40-9-7-8-10-42(40)34-61(35)54(65)50-28-43-33-60(53(64)26-39-11-17-47(18-12-39)68-24-22-59-21-23-67-36(2)32-59)20-19-41(43)27-49(50)52-30-48(37(3)58(52)6)55(66)62(44-13-15-46(63)16-14-44)51-29-45(31-56)57(5)38(51)4/h7-18,27-30,35-36,63H,19-26,32-34H2,1-6H3/t35-,36-/m1/s1. The van der Waals surface area contributed by atoms with E-state index in [0.717, 1.165) is 66.4 Å². The van der Waals surface area contributed by atoms with Crippen molar-refractivity contribution >= 4 is 29.1 Å². The van der Waals surface area contributed by atoms with Gasteiger partial charge in [0.15, 0.2) is 0 Å². The van der Waals surface area contributed by atoms with Crippen LogP contribution in [-0.2, 0) is 56.0 Å². The number of nitrogens with zero attached hydrogens (tertiary/aromatic N) is 7. The van der Waals surface area contributed by atoms with Crippen molar-refractivity contribution in [3.8, 4) is 28.8 Å². The third-order valence-corrected chi connectivity index (χ3v) is 14.2. The van der Waals surface area contributed by atoms with E-state index in [4.69, 9.17) is 9.47 Å². The molecule has 0 spiro atoms. The normalized spacial score (nSPS) is 17.0. The minimum atomic E-state index is -0.324. The Kier molecular flexibility index (Phi) is 13.0. The van der Waals surface area contributed by atoms with Gasteiger partial charge in [0, 0.05) is 93.3 Å². The highest BCUT2D eigenvalue weighted by Crippen LogP contribution is 2.38. The molecule has 2 aromatic heterocycles. The molecular formula is C55H59N7O6. The number of carbonyl (C=O) groups excluding carboxylic acids is 3. The number of amides is 3. The first-order valence-corrected chi connectivity index (χ1v) is 23.5. The second-order valence-corrected chi connectivity index (χ2v) is 18.6. The third-order valence-electron chi connectivity index (χ3n) is 14.2. The van der Waals surface area contributed by atoms with Gasteiger partial charge in [-0.3, -0.25) is 24.2 Å². The van der Waals surface area contributed by atoms with Gasteiger partial charge in [0.1, 0.15) is 29.9 Å². The van der Waals surface area contributed by atoms with Crippen LogP contribution >= 0.6 is 0 Å². The molecular weight excluding hydrogens is 855 g/mol. The first-order chi connectivity index (χ1) is 32.8. The summed E-state index contributed by atoms with van der Waals surface area (Å²) in [6.07, 6.45) is 1.81. The zero-order chi connectivity index (χ0) is 47.8. The Morgan fingerprint density at radius 2 is 1.59 bits per heavy atom. The fourth-order valence-corrected chi connectivity index (χ4v) is 9.97. The number of rotatable bonds is 11. The molecule has 0 aliphatic carbocycles. The molecule has 0 bridgehead atoms. The highest BCUT2D eigenvalue weighted by atomic mass is 16.5. The average Bonchev–Trinajstić information content (AvgIpc) is 3.80. The number of anilines is 2.